The summed E-state index contributed by atoms with van der Waals surface area (Å²) in [5.74, 6) is -0.211. The van der Waals surface area contributed by atoms with Crippen LogP contribution in [0.15, 0.2) is 22.7 Å². The van der Waals surface area contributed by atoms with Crippen LogP contribution in [0.25, 0.3) is 0 Å². The van der Waals surface area contributed by atoms with Crippen LogP contribution < -0.4 is 11.1 Å². The Morgan fingerprint density at radius 2 is 2.00 bits per heavy atom. The standard InChI is InChI=1S/C13H18BrFN2/c14-12-7-9(1-6-13(12)15)8-17-11-4-2-10(16)3-5-11/h1,6-7,10-11,17H,2-5,8,16H2. The molecule has 0 aliphatic heterocycles. The summed E-state index contributed by atoms with van der Waals surface area (Å²) in [6, 6.07) is 6.09. The van der Waals surface area contributed by atoms with E-state index in [4.69, 9.17) is 5.73 Å². The summed E-state index contributed by atoms with van der Waals surface area (Å²) >= 11 is 3.20. The molecule has 0 bridgehead atoms. The molecule has 1 saturated carbocycles. The molecule has 0 atom stereocenters. The van der Waals surface area contributed by atoms with Gasteiger partial charge in [-0.1, -0.05) is 6.07 Å². The van der Waals surface area contributed by atoms with E-state index in [2.05, 4.69) is 21.2 Å². The highest BCUT2D eigenvalue weighted by molar-refractivity contribution is 9.10. The van der Waals surface area contributed by atoms with E-state index in [0.717, 1.165) is 37.8 Å². The van der Waals surface area contributed by atoms with Crippen molar-refractivity contribution in [3.8, 4) is 0 Å². The molecular formula is C13H18BrFN2. The van der Waals surface area contributed by atoms with Gasteiger partial charge in [0.15, 0.2) is 0 Å². The maximum Gasteiger partial charge on any atom is 0.137 e. The number of benzene rings is 1. The summed E-state index contributed by atoms with van der Waals surface area (Å²) in [4.78, 5) is 0. The summed E-state index contributed by atoms with van der Waals surface area (Å²) in [5.41, 5.74) is 6.97. The predicted molar refractivity (Wildman–Crippen MR) is 71.2 cm³/mol. The van der Waals surface area contributed by atoms with Crippen molar-refractivity contribution >= 4 is 15.9 Å². The smallest absolute Gasteiger partial charge is 0.137 e. The van der Waals surface area contributed by atoms with Crippen LogP contribution in [0.4, 0.5) is 4.39 Å². The van der Waals surface area contributed by atoms with Gasteiger partial charge < -0.3 is 11.1 Å². The molecule has 0 spiro atoms. The minimum absolute atomic E-state index is 0.211. The Hall–Kier alpha value is -0.450. The van der Waals surface area contributed by atoms with Crippen LogP contribution in [-0.2, 0) is 6.54 Å². The van der Waals surface area contributed by atoms with Crippen LogP contribution in [0.1, 0.15) is 31.2 Å². The highest BCUT2D eigenvalue weighted by Gasteiger charge is 2.17. The van der Waals surface area contributed by atoms with Gasteiger partial charge in [-0.15, -0.1) is 0 Å². The topological polar surface area (TPSA) is 38.0 Å². The number of rotatable bonds is 3. The van der Waals surface area contributed by atoms with E-state index < -0.39 is 0 Å². The van der Waals surface area contributed by atoms with E-state index in [1.54, 1.807) is 0 Å². The SMILES string of the molecule is NC1CCC(NCc2ccc(F)c(Br)c2)CC1. The second-order valence-corrected chi connectivity index (χ2v) is 5.60. The Morgan fingerprint density at radius 1 is 1.29 bits per heavy atom. The van der Waals surface area contributed by atoms with Gasteiger partial charge in [0.05, 0.1) is 4.47 Å². The molecule has 0 radical (unpaired) electrons. The van der Waals surface area contributed by atoms with Gasteiger partial charge in [0.25, 0.3) is 0 Å². The highest BCUT2D eigenvalue weighted by atomic mass is 79.9. The van der Waals surface area contributed by atoms with Gasteiger partial charge in [0.2, 0.25) is 0 Å². The number of hydrogen-bond donors (Lipinski definition) is 2. The van der Waals surface area contributed by atoms with Crippen molar-refractivity contribution in [2.45, 2.75) is 44.3 Å². The predicted octanol–water partition coefficient (Wildman–Crippen LogP) is 2.95. The average molecular weight is 301 g/mol. The number of nitrogens with one attached hydrogen (secondary N) is 1. The first-order chi connectivity index (χ1) is 8.15. The summed E-state index contributed by atoms with van der Waals surface area (Å²) in [6.45, 7) is 0.790. The van der Waals surface area contributed by atoms with E-state index in [0.29, 0.717) is 16.6 Å². The van der Waals surface area contributed by atoms with E-state index in [1.165, 1.54) is 6.07 Å². The fourth-order valence-electron chi connectivity index (χ4n) is 2.24. The van der Waals surface area contributed by atoms with Gasteiger partial charge in [-0.3, -0.25) is 0 Å². The van der Waals surface area contributed by atoms with Crippen LogP contribution in [0.5, 0.6) is 0 Å². The van der Waals surface area contributed by atoms with Crippen molar-refractivity contribution in [1.29, 1.82) is 0 Å². The number of hydrogen-bond acceptors (Lipinski definition) is 2. The molecule has 0 heterocycles. The monoisotopic (exact) mass is 300 g/mol. The van der Waals surface area contributed by atoms with Crippen LogP contribution in [0.2, 0.25) is 0 Å². The van der Waals surface area contributed by atoms with Gasteiger partial charge in [-0.05, 0) is 59.3 Å². The molecule has 0 amide bonds. The molecule has 0 saturated heterocycles. The zero-order valence-electron chi connectivity index (χ0n) is 9.76. The molecule has 0 unspecified atom stereocenters. The lowest BCUT2D eigenvalue weighted by molar-refractivity contribution is 0.342. The molecule has 2 rings (SSSR count). The molecule has 1 aromatic rings. The molecule has 94 valence electrons. The van der Waals surface area contributed by atoms with E-state index in [-0.39, 0.29) is 5.82 Å². The van der Waals surface area contributed by atoms with Crippen LogP contribution in [-0.4, -0.2) is 12.1 Å². The molecule has 1 aliphatic rings. The molecular weight excluding hydrogens is 283 g/mol. The maximum atomic E-state index is 13.1. The van der Waals surface area contributed by atoms with Crippen molar-refractivity contribution in [1.82, 2.24) is 5.32 Å². The molecule has 4 heteroatoms. The third kappa shape index (κ3) is 3.76. The van der Waals surface area contributed by atoms with Crippen molar-refractivity contribution in [2.75, 3.05) is 0 Å². The largest absolute Gasteiger partial charge is 0.328 e. The average Bonchev–Trinajstić information content (AvgIpc) is 2.33. The van der Waals surface area contributed by atoms with Gasteiger partial charge in [-0.2, -0.15) is 0 Å². The van der Waals surface area contributed by atoms with E-state index in [9.17, 15) is 4.39 Å². The Morgan fingerprint density at radius 3 is 2.65 bits per heavy atom. The van der Waals surface area contributed by atoms with Crippen LogP contribution >= 0.6 is 15.9 Å². The third-order valence-corrected chi connectivity index (χ3v) is 3.96. The zero-order valence-corrected chi connectivity index (χ0v) is 11.3. The Labute approximate surface area is 110 Å². The van der Waals surface area contributed by atoms with Gasteiger partial charge in [0.1, 0.15) is 5.82 Å². The molecule has 1 aliphatic carbocycles. The van der Waals surface area contributed by atoms with Crippen molar-refractivity contribution in [2.24, 2.45) is 5.73 Å². The fraction of sp³-hybridized carbons (Fsp3) is 0.538. The summed E-state index contributed by atoms with van der Waals surface area (Å²) in [6.07, 6.45) is 4.49. The number of halogens is 2. The Bertz CT molecular complexity index is 376. The summed E-state index contributed by atoms with van der Waals surface area (Å²) in [7, 11) is 0. The normalized spacial score (nSPS) is 24.9. The first-order valence-electron chi connectivity index (χ1n) is 6.08. The minimum Gasteiger partial charge on any atom is -0.328 e. The molecule has 0 aromatic heterocycles. The lowest BCUT2D eigenvalue weighted by Gasteiger charge is -2.27. The Kier molecular flexibility index (Phi) is 4.54. The van der Waals surface area contributed by atoms with Crippen molar-refractivity contribution < 1.29 is 4.39 Å². The quantitative estimate of drug-likeness (QED) is 0.901. The number of nitrogens with two attached hydrogens (primary N) is 1. The second-order valence-electron chi connectivity index (χ2n) is 4.74. The minimum atomic E-state index is -0.211. The van der Waals surface area contributed by atoms with Gasteiger partial charge in [-0.25, -0.2) is 4.39 Å². The second kappa shape index (κ2) is 5.94. The fourth-order valence-corrected chi connectivity index (χ4v) is 2.66. The summed E-state index contributed by atoms with van der Waals surface area (Å²) in [5, 5.41) is 3.51. The molecule has 2 nitrogen and oxygen atoms in total. The maximum absolute atomic E-state index is 13.1. The lowest BCUT2D eigenvalue weighted by atomic mass is 9.92. The molecule has 3 N–H and O–H groups in total. The molecule has 17 heavy (non-hydrogen) atoms. The highest BCUT2D eigenvalue weighted by Crippen LogP contribution is 2.19. The van der Waals surface area contributed by atoms with Crippen molar-refractivity contribution in [3.63, 3.8) is 0 Å². The van der Waals surface area contributed by atoms with Gasteiger partial charge >= 0.3 is 0 Å². The first-order valence-corrected chi connectivity index (χ1v) is 6.87. The first kappa shape index (κ1) is 13.0. The summed E-state index contributed by atoms with van der Waals surface area (Å²) < 4.78 is 13.6. The van der Waals surface area contributed by atoms with Crippen LogP contribution in [0.3, 0.4) is 0 Å². The lowest BCUT2D eigenvalue weighted by Crippen LogP contribution is -2.37. The Balaban J connectivity index is 1.83. The molecule has 1 fully saturated rings. The third-order valence-electron chi connectivity index (χ3n) is 3.35. The van der Waals surface area contributed by atoms with Crippen molar-refractivity contribution in [3.05, 3.63) is 34.1 Å². The zero-order chi connectivity index (χ0) is 12.3. The van der Waals surface area contributed by atoms with Crippen LogP contribution in [0, 0.1) is 5.82 Å². The molecule has 1 aromatic carbocycles. The van der Waals surface area contributed by atoms with E-state index in [1.807, 2.05) is 12.1 Å². The van der Waals surface area contributed by atoms with Gasteiger partial charge in [0, 0.05) is 18.6 Å². The van der Waals surface area contributed by atoms with E-state index >= 15 is 0 Å².